The van der Waals surface area contributed by atoms with E-state index in [1.54, 1.807) is 29.3 Å². The second kappa shape index (κ2) is 6.52. The molecule has 0 spiro atoms. The van der Waals surface area contributed by atoms with Gasteiger partial charge in [0.05, 0.1) is 11.4 Å². The molecule has 2 N–H and O–H groups in total. The summed E-state index contributed by atoms with van der Waals surface area (Å²) in [6.07, 6.45) is 2.46. The van der Waals surface area contributed by atoms with Crippen LogP contribution in [0.5, 0.6) is 0 Å². The first-order valence-electron chi connectivity index (χ1n) is 6.41. The lowest BCUT2D eigenvalue weighted by molar-refractivity contribution is 0.0982. The Morgan fingerprint density at radius 1 is 1.30 bits per heavy atom. The van der Waals surface area contributed by atoms with E-state index >= 15 is 0 Å². The number of nitrogen functional groups attached to an aromatic ring is 1. The number of benzene rings is 1. The Morgan fingerprint density at radius 2 is 2.05 bits per heavy atom. The summed E-state index contributed by atoms with van der Waals surface area (Å²) in [6, 6.07) is 10.9. The first-order chi connectivity index (χ1) is 9.63. The summed E-state index contributed by atoms with van der Waals surface area (Å²) in [5.41, 5.74) is 7.69. The fourth-order valence-corrected chi connectivity index (χ4v) is 2.16. The molecule has 20 heavy (non-hydrogen) atoms. The van der Waals surface area contributed by atoms with Gasteiger partial charge >= 0.3 is 0 Å². The second-order valence-corrected chi connectivity index (χ2v) is 5.29. The average molecular weight is 334 g/mol. The number of anilines is 2. The van der Waals surface area contributed by atoms with E-state index in [-0.39, 0.29) is 5.91 Å². The molecule has 0 atom stereocenters. The molecule has 0 unspecified atom stereocenters. The number of hydrogen-bond acceptors (Lipinski definition) is 3. The summed E-state index contributed by atoms with van der Waals surface area (Å²) < 4.78 is 0.843. The number of hydrogen-bond donors (Lipinski definition) is 1. The molecule has 0 saturated carbocycles. The van der Waals surface area contributed by atoms with Crippen LogP contribution in [-0.2, 0) is 0 Å². The molecule has 0 saturated heterocycles. The van der Waals surface area contributed by atoms with Gasteiger partial charge < -0.3 is 10.6 Å². The van der Waals surface area contributed by atoms with Gasteiger partial charge in [-0.1, -0.05) is 19.1 Å². The average Bonchev–Trinajstić information content (AvgIpc) is 2.46. The van der Waals surface area contributed by atoms with Crippen LogP contribution in [0.3, 0.4) is 0 Å². The van der Waals surface area contributed by atoms with E-state index < -0.39 is 0 Å². The molecule has 104 valence electrons. The van der Waals surface area contributed by atoms with E-state index in [0.29, 0.717) is 17.9 Å². The highest BCUT2D eigenvalue weighted by atomic mass is 79.9. The van der Waals surface area contributed by atoms with Crippen LogP contribution in [0.2, 0.25) is 0 Å². The lowest BCUT2D eigenvalue weighted by Gasteiger charge is -2.23. The van der Waals surface area contributed by atoms with Gasteiger partial charge in [-0.25, -0.2) is 4.98 Å². The third-order valence-corrected chi connectivity index (χ3v) is 3.34. The van der Waals surface area contributed by atoms with Crippen molar-refractivity contribution < 1.29 is 4.79 Å². The van der Waals surface area contributed by atoms with Gasteiger partial charge in [0, 0.05) is 17.2 Å². The normalized spacial score (nSPS) is 10.3. The SMILES string of the molecule is CCCN(C(=O)c1ccc(Br)cn1)c1ccccc1N. The van der Waals surface area contributed by atoms with Gasteiger partial charge in [-0.3, -0.25) is 4.79 Å². The van der Waals surface area contributed by atoms with Crippen LogP contribution in [0, 0.1) is 0 Å². The number of para-hydroxylation sites is 2. The molecule has 2 rings (SSSR count). The molecule has 5 heteroatoms. The highest BCUT2D eigenvalue weighted by Gasteiger charge is 2.19. The van der Waals surface area contributed by atoms with E-state index in [4.69, 9.17) is 5.73 Å². The van der Waals surface area contributed by atoms with E-state index in [1.807, 2.05) is 25.1 Å². The number of carbonyl (C=O) groups excluding carboxylic acids is 1. The van der Waals surface area contributed by atoms with Gasteiger partial charge in [-0.2, -0.15) is 0 Å². The first-order valence-corrected chi connectivity index (χ1v) is 7.20. The number of nitrogens with zero attached hydrogens (tertiary/aromatic N) is 2. The van der Waals surface area contributed by atoms with Gasteiger partial charge in [0.1, 0.15) is 5.69 Å². The number of pyridine rings is 1. The molecule has 2 aromatic rings. The minimum Gasteiger partial charge on any atom is -0.397 e. The Labute approximate surface area is 126 Å². The smallest absolute Gasteiger partial charge is 0.276 e. The van der Waals surface area contributed by atoms with Crippen molar-refractivity contribution in [2.45, 2.75) is 13.3 Å². The molecule has 0 aliphatic carbocycles. The van der Waals surface area contributed by atoms with Crippen molar-refractivity contribution in [2.24, 2.45) is 0 Å². The van der Waals surface area contributed by atoms with Crippen molar-refractivity contribution in [3.05, 3.63) is 52.8 Å². The lowest BCUT2D eigenvalue weighted by atomic mass is 10.2. The van der Waals surface area contributed by atoms with Gasteiger partial charge in [0.25, 0.3) is 5.91 Å². The van der Waals surface area contributed by atoms with Gasteiger partial charge in [0.2, 0.25) is 0 Å². The molecule has 1 heterocycles. The number of amides is 1. The minimum absolute atomic E-state index is 0.141. The van der Waals surface area contributed by atoms with Crippen molar-refractivity contribution in [2.75, 3.05) is 17.2 Å². The van der Waals surface area contributed by atoms with Gasteiger partial charge in [0.15, 0.2) is 0 Å². The number of rotatable bonds is 4. The van der Waals surface area contributed by atoms with E-state index in [2.05, 4.69) is 20.9 Å². The van der Waals surface area contributed by atoms with Crippen molar-refractivity contribution >= 4 is 33.2 Å². The van der Waals surface area contributed by atoms with Crippen molar-refractivity contribution in [3.8, 4) is 0 Å². The fourth-order valence-electron chi connectivity index (χ4n) is 1.93. The number of nitrogens with two attached hydrogens (primary N) is 1. The molecule has 1 aromatic heterocycles. The molecule has 0 radical (unpaired) electrons. The van der Waals surface area contributed by atoms with Crippen LogP contribution in [0.15, 0.2) is 47.1 Å². The maximum Gasteiger partial charge on any atom is 0.276 e. The predicted molar refractivity (Wildman–Crippen MR) is 84.8 cm³/mol. The van der Waals surface area contributed by atoms with E-state index in [9.17, 15) is 4.79 Å². The summed E-state index contributed by atoms with van der Waals surface area (Å²) in [7, 11) is 0. The van der Waals surface area contributed by atoms with Gasteiger partial charge in [-0.05, 0) is 46.6 Å². The predicted octanol–water partition coefficient (Wildman–Crippen LogP) is 3.48. The number of aromatic nitrogens is 1. The minimum atomic E-state index is -0.141. The fraction of sp³-hybridized carbons (Fsp3) is 0.200. The second-order valence-electron chi connectivity index (χ2n) is 4.38. The monoisotopic (exact) mass is 333 g/mol. The lowest BCUT2D eigenvalue weighted by Crippen LogP contribution is -2.32. The Morgan fingerprint density at radius 3 is 2.65 bits per heavy atom. The maximum atomic E-state index is 12.6. The van der Waals surface area contributed by atoms with Crippen molar-refractivity contribution in [3.63, 3.8) is 0 Å². The summed E-state index contributed by atoms with van der Waals surface area (Å²) >= 11 is 3.31. The third-order valence-electron chi connectivity index (χ3n) is 2.87. The van der Waals surface area contributed by atoms with Gasteiger partial charge in [-0.15, -0.1) is 0 Å². The van der Waals surface area contributed by atoms with E-state index in [0.717, 1.165) is 16.6 Å². The van der Waals surface area contributed by atoms with E-state index in [1.165, 1.54) is 0 Å². The zero-order valence-corrected chi connectivity index (χ0v) is 12.8. The largest absolute Gasteiger partial charge is 0.397 e. The van der Waals surface area contributed by atoms with Crippen LogP contribution in [0.1, 0.15) is 23.8 Å². The van der Waals surface area contributed by atoms with Crippen LogP contribution >= 0.6 is 15.9 Å². The van der Waals surface area contributed by atoms with Crippen molar-refractivity contribution in [1.82, 2.24) is 4.98 Å². The third kappa shape index (κ3) is 3.17. The molecule has 0 aliphatic rings. The molecule has 0 fully saturated rings. The molecule has 1 amide bonds. The Bertz CT molecular complexity index is 598. The maximum absolute atomic E-state index is 12.6. The zero-order valence-electron chi connectivity index (χ0n) is 11.2. The first kappa shape index (κ1) is 14.5. The number of carbonyl (C=O) groups is 1. The Kier molecular flexibility index (Phi) is 4.74. The highest BCUT2D eigenvalue weighted by Crippen LogP contribution is 2.24. The quantitative estimate of drug-likeness (QED) is 0.871. The Hall–Kier alpha value is -1.88. The highest BCUT2D eigenvalue weighted by molar-refractivity contribution is 9.10. The summed E-state index contributed by atoms with van der Waals surface area (Å²) in [4.78, 5) is 18.4. The molecule has 0 bridgehead atoms. The van der Waals surface area contributed by atoms with Crippen LogP contribution in [0.4, 0.5) is 11.4 Å². The molecule has 0 aliphatic heterocycles. The zero-order chi connectivity index (χ0) is 14.5. The summed E-state index contributed by atoms with van der Waals surface area (Å²) in [5, 5.41) is 0. The van der Waals surface area contributed by atoms with Crippen LogP contribution in [-0.4, -0.2) is 17.4 Å². The standard InChI is InChI=1S/C15H16BrN3O/c1-2-9-19(14-6-4-3-5-12(14)17)15(20)13-8-7-11(16)10-18-13/h3-8,10H,2,9,17H2,1H3. The Balaban J connectivity index is 2.36. The van der Waals surface area contributed by atoms with Crippen LogP contribution in [0.25, 0.3) is 0 Å². The molecule has 1 aromatic carbocycles. The van der Waals surface area contributed by atoms with Crippen molar-refractivity contribution in [1.29, 1.82) is 0 Å². The molecule has 4 nitrogen and oxygen atoms in total. The molecular weight excluding hydrogens is 318 g/mol. The summed E-state index contributed by atoms with van der Waals surface area (Å²) in [5.74, 6) is -0.141. The topological polar surface area (TPSA) is 59.2 Å². The molecular formula is C15H16BrN3O. The number of halogens is 1. The summed E-state index contributed by atoms with van der Waals surface area (Å²) in [6.45, 7) is 2.62. The van der Waals surface area contributed by atoms with Crippen LogP contribution < -0.4 is 10.6 Å².